The summed E-state index contributed by atoms with van der Waals surface area (Å²) in [4.78, 5) is 13.2. The van der Waals surface area contributed by atoms with E-state index in [0.717, 1.165) is 24.0 Å². The predicted molar refractivity (Wildman–Crippen MR) is 190 cm³/mol. The molecule has 0 radical (unpaired) electrons. The van der Waals surface area contributed by atoms with E-state index in [2.05, 4.69) is 5.32 Å². The first-order chi connectivity index (χ1) is 23.2. The number of nitrogens with one attached hydrogen (secondary N) is 1. The molecule has 1 aliphatic heterocycles. The van der Waals surface area contributed by atoms with Gasteiger partial charge >= 0.3 is 7.12 Å². The zero-order valence-electron chi connectivity index (χ0n) is 28.9. The van der Waals surface area contributed by atoms with Crippen molar-refractivity contribution < 1.29 is 36.1 Å². The number of sulfonamides is 1. The maximum atomic E-state index is 13.8. The molecule has 2 fully saturated rings. The summed E-state index contributed by atoms with van der Waals surface area (Å²) in [5, 5.41) is 3.26. The molecule has 12 heteroatoms. The number of benzene rings is 3. The first-order valence-electron chi connectivity index (χ1n) is 16.7. The summed E-state index contributed by atoms with van der Waals surface area (Å²) in [6.45, 7) is 8.71. The van der Waals surface area contributed by atoms with Crippen molar-refractivity contribution in [2.45, 2.75) is 70.6 Å². The molecular formula is C37H44BFN2O7S. The molecule has 260 valence electrons. The van der Waals surface area contributed by atoms with Gasteiger partial charge in [0.2, 0.25) is 10.0 Å². The Hall–Kier alpha value is -3.71. The molecule has 1 saturated heterocycles. The van der Waals surface area contributed by atoms with Crippen molar-refractivity contribution in [3.63, 3.8) is 0 Å². The zero-order chi connectivity index (χ0) is 35.1. The minimum absolute atomic E-state index is 0.108. The molecule has 1 amide bonds. The largest absolute Gasteiger partial charge is 0.458 e. The monoisotopic (exact) mass is 690 g/mol. The average molecular weight is 691 g/mol. The normalized spacial score (nSPS) is 17.7. The number of halogens is 1. The second kappa shape index (κ2) is 13.5. The Labute approximate surface area is 288 Å². The van der Waals surface area contributed by atoms with Crippen LogP contribution in [0.1, 0.15) is 67.9 Å². The Bertz CT molecular complexity index is 1910. The fraction of sp³-hybridized carbons (Fsp3) is 0.432. The van der Waals surface area contributed by atoms with Gasteiger partial charge in [-0.05, 0) is 100 Å². The van der Waals surface area contributed by atoms with Crippen molar-refractivity contribution in [1.29, 1.82) is 0 Å². The Balaban J connectivity index is 1.39. The fourth-order valence-corrected chi connectivity index (χ4v) is 7.33. The van der Waals surface area contributed by atoms with Gasteiger partial charge in [0.1, 0.15) is 17.2 Å². The maximum Gasteiger partial charge on any atom is 0.458 e. The zero-order valence-corrected chi connectivity index (χ0v) is 29.7. The van der Waals surface area contributed by atoms with Crippen LogP contribution in [0, 0.1) is 11.7 Å². The summed E-state index contributed by atoms with van der Waals surface area (Å²) in [5.74, 6) is -0.658. The smallest absolute Gasteiger partial charge is 0.455 e. The Morgan fingerprint density at radius 3 is 2.29 bits per heavy atom. The van der Waals surface area contributed by atoms with E-state index in [1.807, 2.05) is 64.1 Å². The molecule has 49 heavy (non-hydrogen) atoms. The highest BCUT2D eigenvalue weighted by Gasteiger charge is 2.51. The maximum absolute atomic E-state index is 13.8. The summed E-state index contributed by atoms with van der Waals surface area (Å²) in [5.41, 5.74) is 2.46. The van der Waals surface area contributed by atoms with E-state index >= 15 is 0 Å². The number of nitrogens with zero attached hydrogens (tertiary/aromatic N) is 1. The van der Waals surface area contributed by atoms with E-state index in [4.69, 9.17) is 18.5 Å². The van der Waals surface area contributed by atoms with Crippen molar-refractivity contribution in [2.75, 3.05) is 30.8 Å². The molecule has 2 aliphatic rings. The number of carbonyl (C=O) groups excluding carboxylic acids is 1. The number of carbonyl (C=O) groups is 1. The summed E-state index contributed by atoms with van der Waals surface area (Å²) < 4.78 is 67.8. The number of hydrogen-bond acceptors (Lipinski definition) is 7. The van der Waals surface area contributed by atoms with Crippen LogP contribution >= 0.6 is 0 Å². The Morgan fingerprint density at radius 1 is 1.04 bits per heavy atom. The summed E-state index contributed by atoms with van der Waals surface area (Å²) in [7, 11) is -2.83. The van der Waals surface area contributed by atoms with E-state index in [-0.39, 0.29) is 36.7 Å². The molecule has 1 aromatic heterocycles. The molecule has 1 N–H and O–H groups in total. The number of anilines is 1. The molecule has 0 spiro atoms. The molecule has 3 aromatic carbocycles. The SMILES string of the molecule is CNC(=O)c1c(-c2ccc(F)cc2)oc2cc(N(C[C@H](COCc3ccccc3)CB3OC(C)(C)C(C)(C)O3)S(C)(=O)=O)c(C3CC3)cc12. The molecule has 1 saturated carbocycles. The summed E-state index contributed by atoms with van der Waals surface area (Å²) >= 11 is 0. The van der Waals surface area contributed by atoms with Gasteiger partial charge < -0.3 is 23.8 Å². The third kappa shape index (κ3) is 7.57. The highest BCUT2D eigenvalue weighted by atomic mass is 32.2. The first-order valence-corrected chi connectivity index (χ1v) is 18.5. The van der Waals surface area contributed by atoms with E-state index in [1.54, 1.807) is 18.2 Å². The third-order valence-corrected chi connectivity index (χ3v) is 10.9. The lowest BCUT2D eigenvalue weighted by Gasteiger charge is -2.32. The number of rotatable bonds is 13. The van der Waals surface area contributed by atoms with Crippen LogP contribution in [-0.2, 0) is 30.7 Å². The van der Waals surface area contributed by atoms with Gasteiger partial charge in [0.05, 0.1) is 41.9 Å². The van der Waals surface area contributed by atoms with Crippen LogP contribution in [0.25, 0.3) is 22.3 Å². The lowest BCUT2D eigenvalue weighted by atomic mass is 9.77. The molecule has 0 bridgehead atoms. The van der Waals surface area contributed by atoms with Crippen LogP contribution in [0.3, 0.4) is 0 Å². The lowest BCUT2D eigenvalue weighted by Crippen LogP contribution is -2.41. The van der Waals surface area contributed by atoms with Gasteiger partial charge in [-0.1, -0.05) is 30.3 Å². The highest BCUT2D eigenvalue weighted by molar-refractivity contribution is 7.92. The average Bonchev–Trinajstić information content (AvgIpc) is 3.78. The fourth-order valence-electron chi connectivity index (χ4n) is 6.33. The van der Waals surface area contributed by atoms with Crippen LogP contribution in [0.4, 0.5) is 10.1 Å². The van der Waals surface area contributed by atoms with Crippen molar-refractivity contribution >= 4 is 39.7 Å². The molecule has 4 aromatic rings. The van der Waals surface area contributed by atoms with Gasteiger partial charge in [0.15, 0.2) is 0 Å². The third-order valence-electron chi connectivity index (χ3n) is 9.80. The van der Waals surface area contributed by atoms with E-state index < -0.39 is 34.2 Å². The van der Waals surface area contributed by atoms with Crippen molar-refractivity contribution in [3.8, 4) is 11.3 Å². The molecular weight excluding hydrogens is 646 g/mol. The topological polar surface area (TPSA) is 107 Å². The lowest BCUT2D eigenvalue weighted by molar-refractivity contribution is 0.00578. The minimum Gasteiger partial charge on any atom is -0.455 e. The number of hydrogen-bond donors (Lipinski definition) is 1. The van der Waals surface area contributed by atoms with Crippen LogP contribution < -0.4 is 9.62 Å². The number of ether oxygens (including phenoxy) is 1. The molecule has 1 atom stereocenters. The molecule has 1 aliphatic carbocycles. The van der Waals surface area contributed by atoms with Crippen LogP contribution in [0.15, 0.2) is 71.1 Å². The van der Waals surface area contributed by atoms with Crippen LogP contribution in [-0.4, -0.2) is 59.1 Å². The van der Waals surface area contributed by atoms with Crippen LogP contribution in [0.5, 0.6) is 0 Å². The molecule has 9 nitrogen and oxygen atoms in total. The molecule has 6 rings (SSSR count). The molecule has 2 heterocycles. The van der Waals surface area contributed by atoms with Gasteiger partial charge in [-0.15, -0.1) is 0 Å². The van der Waals surface area contributed by atoms with Crippen molar-refractivity contribution in [1.82, 2.24) is 5.32 Å². The first kappa shape index (κ1) is 35.1. The summed E-state index contributed by atoms with van der Waals surface area (Å²) in [6.07, 6.45) is 3.40. The van der Waals surface area contributed by atoms with E-state index in [9.17, 15) is 17.6 Å². The number of amides is 1. The summed E-state index contributed by atoms with van der Waals surface area (Å²) in [6, 6.07) is 19.2. The van der Waals surface area contributed by atoms with Crippen molar-refractivity contribution in [3.05, 3.63) is 89.2 Å². The van der Waals surface area contributed by atoms with Gasteiger partial charge in [-0.25, -0.2) is 12.8 Å². The Morgan fingerprint density at radius 2 is 1.69 bits per heavy atom. The predicted octanol–water partition coefficient (Wildman–Crippen LogP) is 7.17. The Kier molecular flexibility index (Phi) is 9.71. The second-order valence-corrected chi connectivity index (χ2v) is 16.1. The minimum atomic E-state index is -3.81. The van der Waals surface area contributed by atoms with Gasteiger partial charge in [0, 0.05) is 30.6 Å². The van der Waals surface area contributed by atoms with Gasteiger partial charge in [0.25, 0.3) is 5.91 Å². The number of furan rings is 1. The van der Waals surface area contributed by atoms with Crippen molar-refractivity contribution in [2.24, 2.45) is 5.92 Å². The van der Waals surface area contributed by atoms with E-state index in [1.165, 1.54) is 29.7 Å². The standard InChI is InChI=1S/C37H44BFN2O7S/c1-36(2)37(3,4)48-38(47-36)20-25(23-45-22-24-10-8-7-9-11-24)21-41(49(6,43)44)31-19-32-30(18-29(31)26-12-13-26)33(35(42)40-5)34(46-32)27-14-16-28(39)17-15-27/h7-11,14-19,25-26H,12-13,20-23H2,1-6H3,(H,40,42)/t25-/m1/s1. The van der Waals surface area contributed by atoms with Gasteiger partial charge in [-0.3, -0.25) is 9.10 Å². The van der Waals surface area contributed by atoms with Gasteiger partial charge in [-0.2, -0.15) is 0 Å². The van der Waals surface area contributed by atoms with Crippen LogP contribution in [0.2, 0.25) is 6.32 Å². The molecule has 0 unspecified atom stereocenters. The number of fused-ring (bicyclic) bond motifs is 1. The quantitative estimate of drug-likeness (QED) is 0.148. The van der Waals surface area contributed by atoms with E-state index in [0.29, 0.717) is 40.7 Å². The highest BCUT2D eigenvalue weighted by Crippen LogP contribution is 2.48. The second-order valence-electron chi connectivity index (χ2n) is 14.2.